The molecule has 0 fully saturated rings. The molecule has 0 bridgehead atoms. The maximum Gasteiger partial charge on any atom is 0.251 e. The second-order valence-electron chi connectivity index (χ2n) is 9.29. The summed E-state index contributed by atoms with van der Waals surface area (Å²) in [4.78, 5) is 35.5. The van der Waals surface area contributed by atoms with Crippen molar-refractivity contribution in [3.8, 4) is 0 Å². The summed E-state index contributed by atoms with van der Waals surface area (Å²) in [7, 11) is 3.94. The lowest BCUT2D eigenvalue weighted by molar-refractivity contribution is -0.139. The summed E-state index contributed by atoms with van der Waals surface area (Å²) in [6, 6.07) is 27.9. The van der Waals surface area contributed by atoms with Crippen molar-refractivity contribution >= 4 is 23.2 Å². The highest BCUT2D eigenvalue weighted by Gasteiger charge is 2.32. The molecular weight excluding hydrogens is 460 g/mol. The highest BCUT2D eigenvalue weighted by Crippen LogP contribution is 2.27. The Labute approximate surface area is 218 Å². The van der Waals surface area contributed by atoms with Crippen LogP contribution in [0.1, 0.15) is 28.3 Å². The molecule has 4 rings (SSSR count). The van der Waals surface area contributed by atoms with Crippen LogP contribution in [0.15, 0.2) is 103 Å². The molecule has 0 aliphatic rings. The maximum absolute atomic E-state index is 13.9. The Balaban J connectivity index is 1.71. The third kappa shape index (κ3) is 6.82. The van der Waals surface area contributed by atoms with E-state index >= 15 is 0 Å². The van der Waals surface area contributed by atoms with E-state index in [-0.39, 0.29) is 24.8 Å². The number of rotatable bonds is 9. The van der Waals surface area contributed by atoms with Crippen LogP contribution in [0, 0.1) is 6.92 Å². The Bertz CT molecular complexity index is 1310. The monoisotopic (exact) mass is 492 g/mol. The molecule has 188 valence electrons. The number of benzene rings is 3. The van der Waals surface area contributed by atoms with Gasteiger partial charge in [0.1, 0.15) is 6.04 Å². The molecule has 6 heteroatoms. The highest BCUT2D eigenvalue weighted by molar-refractivity contribution is 5.98. The molecule has 1 unspecified atom stereocenters. The minimum Gasteiger partial charge on any atom is -0.378 e. The van der Waals surface area contributed by atoms with Crippen molar-refractivity contribution in [3.63, 3.8) is 0 Å². The number of hydrogen-bond donors (Lipinski definition) is 1. The van der Waals surface area contributed by atoms with Gasteiger partial charge in [-0.3, -0.25) is 14.6 Å². The molecule has 0 radical (unpaired) electrons. The van der Waals surface area contributed by atoms with E-state index in [4.69, 9.17) is 0 Å². The standard InChI is InChI=1S/C31H32N4O2/c1-23-11-13-26(14-12-23)30(31(37)33-27-15-17-28(18-16-27)34(2)3)35(22-25-10-7-19-32-21-25)29(36)20-24-8-5-4-6-9-24/h4-19,21,30H,20,22H2,1-3H3,(H,33,37). The van der Waals surface area contributed by atoms with Gasteiger partial charge in [-0.15, -0.1) is 0 Å². The number of carbonyl (C=O) groups is 2. The number of aromatic nitrogens is 1. The average molecular weight is 493 g/mol. The van der Waals surface area contributed by atoms with E-state index in [0.717, 1.165) is 27.9 Å². The molecule has 1 N–H and O–H groups in total. The van der Waals surface area contributed by atoms with E-state index in [1.165, 1.54) is 0 Å². The molecule has 1 aromatic heterocycles. The molecule has 3 aromatic carbocycles. The Morgan fingerprint density at radius 3 is 2.14 bits per heavy atom. The van der Waals surface area contributed by atoms with E-state index < -0.39 is 6.04 Å². The van der Waals surface area contributed by atoms with Gasteiger partial charge in [-0.2, -0.15) is 0 Å². The number of pyridine rings is 1. The van der Waals surface area contributed by atoms with Gasteiger partial charge in [-0.1, -0.05) is 66.2 Å². The Kier molecular flexibility index (Phi) is 8.31. The number of anilines is 2. The molecule has 0 aliphatic carbocycles. The van der Waals surface area contributed by atoms with Crippen molar-refractivity contribution in [1.82, 2.24) is 9.88 Å². The van der Waals surface area contributed by atoms with Crippen molar-refractivity contribution in [2.75, 3.05) is 24.3 Å². The largest absolute Gasteiger partial charge is 0.378 e. The molecule has 0 aliphatic heterocycles. The number of carbonyl (C=O) groups excluding carboxylic acids is 2. The molecule has 1 heterocycles. The quantitative estimate of drug-likeness (QED) is 0.339. The lowest BCUT2D eigenvalue weighted by atomic mass is 10.0. The van der Waals surface area contributed by atoms with Crippen LogP contribution >= 0.6 is 0 Å². The molecule has 4 aromatic rings. The zero-order chi connectivity index (χ0) is 26.2. The van der Waals surface area contributed by atoms with Gasteiger partial charge in [0.05, 0.1) is 6.42 Å². The van der Waals surface area contributed by atoms with Crippen LogP contribution in [0.2, 0.25) is 0 Å². The van der Waals surface area contributed by atoms with Crippen LogP contribution in [0.5, 0.6) is 0 Å². The first-order chi connectivity index (χ1) is 17.9. The molecule has 1 atom stereocenters. The van der Waals surface area contributed by atoms with E-state index in [1.807, 2.05) is 117 Å². The van der Waals surface area contributed by atoms with Gasteiger partial charge < -0.3 is 15.1 Å². The summed E-state index contributed by atoms with van der Waals surface area (Å²) in [5.41, 5.74) is 5.28. The number of hydrogen-bond acceptors (Lipinski definition) is 4. The third-order valence-corrected chi connectivity index (χ3v) is 6.20. The number of nitrogens with zero attached hydrogens (tertiary/aromatic N) is 3. The smallest absolute Gasteiger partial charge is 0.251 e. The van der Waals surface area contributed by atoms with Crippen molar-refractivity contribution < 1.29 is 9.59 Å². The van der Waals surface area contributed by atoms with Gasteiger partial charge in [0.15, 0.2) is 0 Å². The summed E-state index contributed by atoms with van der Waals surface area (Å²) < 4.78 is 0. The van der Waals surface area contributed by atoms with Gasteiger partial charge in [-0.25, -0.2) is 0 Å². The molecule has 0 saturated carbocycles. The minimum atomic E-state index is -0.828. The van der Waals surface area contributed by atoms with Gasteiger partial charge in [0, 0.05) is 44.4 Å². The molecule has 0 spiro atoms. The Hall–Kier alpha value is -4.45. The van der Waals surface area contributed by atoms with E-state index in [9.17, 15) is 9.59 Å². The van der Waals surface area contributed by atoms with Crippen molar-refractivity contribution in [2.24, 2.45) is 0 Å². The first kappa shape index (κ1) is 25.6. The summed E-state index contributed by atoms with van der Waals surface area (Å²) in [6.07, 6.45) is 3.61. The summed E-state index contributed by atoms with van der Waals surface area (Å²) in [5.74, 6) is -0.412. The van der Waals surface area contributed by atoms with Gasteiger partial charge >= 0.3 is 0 Å². The highest BCUT2D eigenvalue weighted by atomic mass is 16.2. The topological polar surface area (TPSA) is 65.5 Å². The van der Waals surface area contributed by atoms with Gasteiger partial charge in [0.2, 0.25) is 5.91 Å². The zero-order valence-corrected chi connectivity index (χ0v) is 21.5. The van der Waals surface area contributed by atoms with E-state index in [2.05, 4.69) is 10.3 Å². The predicted molar refractivity (Wildman–Crippen MR) is 148 cm³/mol. The van der Waals surface area contributed by atoms with Gasteiger partial charge in [0.25, 0.3) is 5.91 Å². The summed E-state index contributed by atoms with van der Waals surface area (Å²) in [5, 5.41) is 3.04. The Morgan fingerprint density at radius 2 is 1.51 bits per heavy atom. The average Bonchev–Trinajstić information content (AvgIpc) is 2.91. The van der Waals surface area contributed by atoms with Crippen LogP contribution < -0.4 is 10.2 Å². The molecule has 0 saturated heterocycles. The minimum absolute atomic E-state index is 0.140. The fourth-order valence-electron chi connectivity index (χ4n) is 4.16. The van der Waals surface area contributed by atoms with Crippen LogP contribution in [-0.2, 0) is 22.6 Å². The lowest BCUT2D eigenvalue weighted by Crippen LogP contribution is -2.41. The van der Waals surface area contributed by atoms with E-state index in [1.54, 1.807) is 17.3 Å². The molecule has 6 nitrogen and oxygen atoms in total. The van der Waals surface area contributed by atoms with Crippen LogP contribution in [0.4, 0.5) is 11.4 Å². The van der Waals surface area contributed by atoms with Crippen LogP contribution in [0.3, 0.4) is 0 Å². The normalized spacial score (nSPS) is 11.4. The second kappa shape index (κ2) is 12.0. The lowest BCUT2D eigenvalue weighted by Gasteiger charge is -2.32. The molecule has 2 amide bonds. The van der Waals surface area contributed by atoms with E-state index in [0.29, 0.717) is 5.69 Å². The Morgan fingerprint density at radius 1 is 0.838 bits per heavy atom. The zero-order valence-electron chi connectivity index (χ0n) is 21.5. The predicted octanol–water partition coefficient (Wildman–Crippen LogP) is 5.41. The first-order valence-corrected chi connectivity index (χ1v) is 12.3. The third-order valence-electron chi connectivity index (χ3n) is 6.20. The molecular formula is C31H32N4O2. The SMILES string of the molecule is Cc1ccc(C(C(=O)Nc2ccc(N(C)C)cc2)N(Cc2cccnc2)C(=O)Cc2ccccc2)cc1. The second-order valence-corrected chi connectivity index (χ2v) is 9.29. The summed E-state index contributed by atoms with van der Waals surface area (Å²) in [6.45, 7) is 2.25. The van der Waals surface area contributed by atoms with Crippen molar-refractivity contribution in [3.05, 3.63) is 126 Å². The number of nitrogens with one attached hydrogen (secondary N) is 1. The fraction of sp³-hybridized carbons (Fsp3) is 0.194. The number of amides is 2. The van der Waals surface area contributed by atoms with Crippen molar-refractivity contribution in [1.29, 1.82) is 0 Å². The summed E-state index contributed by atoms with van der Waals surface area (Å²) >= 11 is 0. The van der Waals surface area contributed by atoms with Crippen LogP contribution in [0.25, 0.3) is 0 Å². The molecule has 37 heavy (non-hydrogen) atoms. The fourth-order valence-corrected chi connectivity index (χ4v) is 4.16. The van der Waals surface area contributed by atoms with Crippen molar-refractivity contribution in [2.45, 2.75) is 25.9 Å². The maximum atomic E-state index is 13.9. The van der Waals surface area contributed by atoms with Crippen LogP contribution in [-0.4, -0.2) is 35.8 Å². The van der Waals surface area contributed by atoms with Gasteiger partial charge in [-0.05, 0) is 53.9 Å². The number of aryl methyl sites for hydroxylation is 1. The first-order valence-electron chi connectivity index (χ1n) is 12.3.